The molecule has 0 saturated carbocycles. The number of nitrogens with one attached hydrogen (secondary N) is 1. The van der Waals surface area contributed by atoms with Gasteiger partial charge in [-0.1, -0.05) is 51.5 Å². The Morgan fingerprint density at radius 1 is 1.20 bits per heavy atom. The van der Waals surface area contributed by atoms with Crippen LogP contribution in [0, 0.1) is 5.92 Å². The summed E-state index contributed by atoms with van der Waals surface area (Å²) in [5.41, 5.74) is 2.62. The second-order valence-electron chi connectivity index (χ2n) is 6.98. The molecule has 5 heteroatoms. The van der Waals surface area contributed by atoms with Crippen LogP contribution in [0.3, 0.4) is 0 Å². The fraction of sp³-hybridized carbons (Fsp3) is 0.600. The molecule has 0 bridgehead atoms. The van der Waals surface area contributed by atoms with E-state index in [1.807, 2.05) is 0 Å². The minimum absolute atomic E-state index is 0.0335. The van der Waals surface area contributed by atoms with Crippen LogP contribution in [0.25, 0.3) is 0 Å². The molecule has 0 aliphatic carbocycles. The average molecular weight is 349 g/mol. The van der Waals surface area contributed by atoms with Gasteiger partial charge in [-0.05, 0) is 18.4 Å². The second-order valence-corrected chi connectivity index (χ2v) is 6.98. The Balaban J connectivity index is 2.65. The number of quaternary nitrogens is 1. The van der Waals surface area contributed by atoms with Crippen molar-refractivity contribution in [3.8, 4) is 0 Å². The van der Waals surface area contributed by atoms with Crippen LogP contribution in [0.2, 0.25) is 0 Å². The Hall–Kier alpha value is -1.88. The summed E-state index contributed by atoms with van der Waals surface area (Å²) in [6.07, 6.45) is 3.54. The van der Waals surface area contributed by atoms with Gasteiger partial charge < -0.3 is 15.5 Å². The van der Waals surface area contributed by atoms with E-state index in [1.54, 1.807) is 14.1 Å². The number of hydrogen-bond acceptors (Lipinski definition) is 2. The van der Waals surface area contributed by atoms with E-state index < -0.39 is 0 Å². The van der Waals surface area contributed by atoms with Crippen molar-refractivity contribution >= 4 is 11.8 Å². The topological polar surface area (TPSA) is 66.0 Å². The van der Waals surface area contributed by atoms with E-state index in [4.69, 9.17) is 0 Å². The third-order valence-electron chi connectivity index (χ3n) is 4.53. The highest BCUT2D eigenvalue weighted by Crippen LogP contribution is 2.18. The van der Waals surface area contributed by atoms with Gasteiger partial charge in [0.15, 0.2) is 6.54 Å². The van der Waals surface area contributed by atoms with E-state index in [1.165, 1.54) is 28.9 Å². The molecule has 2 amide bonds. The van der Waals surface area contributed by atoms with Gasteiger partial charge in [0.25, 0.3) is 5.91 Å². The summed E-state index contributed by atoms with van der Waals surface area (Å²) in [4.78, 5) is 25.1. The van der Waals surface area contributed by atoms with Gasteiger partial charge in [-0.2, -0.15) is 0 Å². The van der Waals surface area contributed by atoms with Crippen molar-refractivity contribution in [2.24, 2.45) is 5.92 Å². The second kappa shape index (κ2) is 10.9. The zero-order valence-corrected chi connectivity index (χ0v) is 16.3. The zero-order chi connectivity index (χ0) is 18.8. The van der Waals surface area contributed by atoms with Crippen LogP contribution in [-0.2, 0) is 16.0 Å². The number of amides is 2. The number of hydrogen-bond donors (Lipinski definition) is 2. The number of nitrogens with zero attached hydrogens (tertiary/aromatic N) is 1. The molecule has 0 spiro atoms. The highest BCUT2D eigenvalue weighted by Gasteiger charge is 2.22. The van der Waals surface area contributed by atoms with Crippen LogP contribution >= 0.6 is 0 Å². The maximum absolute atomic E-state index is 12.2. The van der Waals surface area contributed by atoms with Crippen molar-refractivity contribution in [3.05, 3.63) is 35.4 Å². The first-order valence-corrected chi connectivity index (χ1v) is 9.25. The largest absolute Gasteiger partial charge is 0.358 e. The van der Waals surface area contributed by atoms with Crippen LogP contribution in [0.4, 0.5) is 0 Å². The lowest BCUT2D eigenvalue weighted by molar-refractivity contribution is -0.692. The van der Waals surface area contributed by atoms with E-state index in [9.17, 15) is 9.59 Å². The lowest BCUT2D eigenvalue weighted by Gasteiger charge is -2.22. The van der Waals surface area contributed by atoms with Gasteiger partial charge in [0, 0.05) is 25.6 Å². The number of carbonyl (C=O) groups excluding carboxylic acids is 2. The summed E-state index contributed by atoms with van der Waals surface area (Å²) in [5, 5.41) is 4.61. The SMILES string of the molecule is CCCCc1ccc([C@H]([NH2+]CC(=O)N(C)CC(=O)NC)C(C)C)cc1. The van der Waals surface area contributed by atoms with Crippen molar-refractivity contribution in [1.82, 2.24) is 10.2 Å². The molecular formula is C20H34N3O2+. The van der Waals surface area contributed by atoms with Crippen molar-refractivity contribution in [3.63, 3.8) is 0 Å². The number of carbonyl (C=O) groups is 2. The molecule has 0 aliphatic heterocycles. The van der Waals surface area contributed by atoms with Crippen LogP contribution in [0.15, 0.2) is 24.3 Å². The molecule has 140 valence electrons. The minimum Gasteiger partial charge on any atom is -0.358 e. The number of likely N-dealkylation sites (N-methyl/N-ethyl adjacent to an activating group) is 2. The lowest BCUT2D eigenvalue weighted by atomic mass is 9.94. The van der Waals surface area contributed by atoms with Gasteiger partial charge in [-0.3, -0.25) is 9.59 Å². The minimum atomic E-state index is -0.154. The van der Waals surface area contributed by atoms with Gasteiger partial charge in [0.2, 0.25) is 5.91 Å². The Morgan fingerprint density at radius 2 is 1.84 bits per heavy atom. The number of nitrogens with two attached hydrogens (primary N) is 1. The maximum atomic E-state index is 12.2. The molecule has 0 heterocycles. The van der Waals surface area contributed by atoms with Crippen molar-refractivity contribution in [2.75, 3.05) is 27.2 Å². The van der Waals surface area contributed by atoms with Crippen LogP contribution in [0.1, 0.15) is 50.8 Å². The predicted octanol–water partition coefficient (Wildman–Crippen LogP) is 1.49. The van der Waals surface area contributed by atoms with Crippen molar-refractivity contribution in [2.45, 2.75) is 46.1 Å². The summed E-state index contributed by atoms with van der Waals surface area (Å²) >= 11 is 0. The van der Waals surface area contributed by atoms with Crippen molar-refractivity contribution in [1.29, 1.82) is 0 Å². The molecular weight excluding hydrogens is 314 g/mol. The van der Waals surface area contributed by atoms with E-state index in [0.29, 0.717) is 12.5 Å². The van der Waals surface area contributed by atoms with E-state index in [-0.39, 0.29) is 24.4 Å². The van der Waals surface area contributed by atoms with Gasteiger partial charge >= 0.3 is 0 Å². The Kier molecular flexibility index (Phi) is 9.21. The first-order chi connectivity index (χ1) is 11.9. The summed E-state index contributed by atoms with van der Waals surface area (Å²) in [7, 11) is 3.24. The summed E-state index contributed by atoms with van der Waals surface area (Å²) in [5.74, 6) is 0.228. The highest BCUT2D eigenvalue weighted by molar-refractivity contribution is 5.84. The molecule has 0 aliphatic rings. The summed E-state index contributed by atoms with van der Waals surface area (Å²) < 4.78 is 0. The molecule has 1 rings (SSSR count). The standard InChI is InChI=1S/C20H33N3O2/c1-6-7-8-16-9-11-17(12-10-16)20(15(2)3)22-13-19(25)23(5)14-18(24)21-4/h9-12,15,20,22H,6-8,13-14H2,1-5H3,(H,21,24)/p+1/t20-/m1/s1. The van der Waals surface area contributed by atoms with Crippen molar-refractivity contribution < 1.29 is 14.9 Å². The predicted molar refractivity (Wildman–Crippen MR) is 101 cm³/mol. The fourth-order valence-corrected chi connectivity index (χ4v) is 2.85. The number of rotatable bonds is 10. The van der Waals surface area contributed by atoms with Gasteiger partial charge in [0.05, 0.1) is 6.54 Å². The van der Waals surface area contributed by atoms with Crippen LogP contribution in [-0.4, -0.2) is 43.9 Å². The Bertz CT molecular complexity index is 540. The smallest absolute Gasteiger partial charge is 0.277 e. The normalized spacial score (nSPS) is 12.1. The third kappa shape index (κ3) is 7.26. The molecule has 0 radical (unpaired) electrons. The van der Waals surface area contributed by atoms with E-state index in [0.717, 1.165) is 6.42 Å². The lowest BCUT2D eigenvalue weighted by Crippen LogP contribution is -2.88. The fourth-order valence-electron chi connectivity index (χ4n) is 2.85. The molecule has 1 aromatic rings. The highest BCUT2D eigenvalue weighted by atomic mass is 16.2. The zero-order valence-electron chi connectivity index (χ0n) is 16.3. The van der Waals surface area contributed by atoms with Gasteiger partial charge in [-0.15, -0.1) is 0 Å². The first-order valence-electron chi connectivity index (χ1n) is 9.25. The molecule has 0 unspecified atom stereocenters. The molecule has 1 atom stereocenters. The summed E-state index contributed by atoms with van der Waals surface area (Å²) in [6, 6.07) is 9.01. The van der Waals surface area contributed by atoms with Crippen LogP contribution in [0.5, 0.6) is 0 Å². The van der Waals surface area contributed by atoms with Crippen LogP contribution < -0.4 is 10.6 Å². The number of benzene rings is 1. The quantitative estimate of drug-likeness (QED) is 0.673. The first kappa shape index (κ1) is 21.2. The van der Waals surface area contributed by atoms with E-state index in [2.05, 4.69) is 55.7 Å². The summed E-state index contributed by atoms with van der Waals surface area (Å²) in [6.45, 7) is 6.99. The average Bonchev–Trinajstić information content (AvgIpc) is 2.60. The Labute approximate surface area is 152 Å². The molecule has 25 heavy (non-hydrogen) atoms. The third-order valence-corrected chi connectivity index (χ3v) is 4.53. The van der Waals surface area contributed by atoms with Gasteiger partial charge in [-0.25, -0.2) is 0 Å². The van der Waals surface area contributed by atoms with E-state index >= 15 is 0 Å². The molecule has 0 aromatic heterocycles. The number of unbranched alkanes of at least 4 members (excludes halogenated alkanes) is 1. The molecule has 0 fully saturated rings. The maximum Gasteiger partial charge on any atom is 0.277 e. The molecule has 3 N–H and O–H groups in total. The molecule has 0 saturated heterocycles. The monoisotopic (exact) mass is 348 g/mol. The van der Waals surface area contributed by atoms with Gasteiger partial charge in [0.1, 0.15) is 6.04 Å². The Morgan fingerprint density at radius 3 is 2.36 bits per heavy atom. The molecule has 5 nitrogen and oxygen atoms in total. The molecule has 1 aromatic carbocycles. The number of aryl methyl sites for hydroxylation is 1.